The summed E-state index contributed by atoms with van der Waals surface area (Å²) in [5.41, 5.74) is -0.593. The molecular formula is C21H17F3N4O3S3. The van der Waals surface area contributed by atoms with Gasteiger partial charge in [-0.25, -0.2) is 13.1 Å². The van der Waals surface area contributed by atoms with E-state index in [0.717, 1.165) is 22.7 Å². The van der Waals surface area contributed by atoms with Crippen molar-refractivity contribution < 1.29 is 26.4 Å². The summed E-state index contributed by atoms with van der Waals surface area (Å²) in [6.45, 7) is 0.522. The maximum absolute atomic E-state index is 13.7. The highest BCUT2D eigenvalue weighted by Crippen LogP contribution is 2.39. The molecule has 0 saturated carbocycles. The van der Waals surface area contributed by atoms with Gasteiger partial charge < -0.3 is 4.90 Å². The van der Waals surface area contributed by atoms with E-state index in [1.165, 1.54) is 26.0 Å². The lowest BCUT2D eigenvalue weighted by Gasteiger charge is -2.33. The van der Waals surface area contributed by atoms with Crippen molar-refractivity contribution in [2.45, 2.75) is 10.4 Å². The van der Waals surface area contributed by atoms with E-state index in [2.05, 4.69) is 5.10 Å². The summed E-state index contributed by atoms with van der Waals surface area (Å²) in [6.07, 6.45) is -4.68. The number of sulfonamides is 1. The number of carbonyl (C=O) groups excluding carboxylic acids is 1. The Bertz CT molecular complexity index is 1440. The van der Waals surface area contributed by atoms with Gasteiger partial charge in [-0.1, -0.05) is 24.3 Å². The number of alkyl halides is 3. The number of hydrogen-bond donors (Lipinski definition) is 0. The fourth-order valence-corrected chi connectivity index (χ4v) is 7.46. The lowest BCUT2D eigenvalue weighted by Crippen LogP contribution is -2.50. The highest BCUT2D eigenvalue weighted by Gasteiger charge is 2.39. The van der Waals surface area contributed by atoms with E-state index in [-0.39, 0.29) is 45.5 Å². The highest BCUT2D eigenvalue weighted by atomic mass is 32.2. The summed E-state index contributed by atoms with van der Waals surface area (Å²) in [7, 11) is -3.62. The number of amides is 1. The molecule has 0 spiro atoms. The molecule has 1 saturated heterocycles. The molecule has 7 nitrogen and oxygen atoms in total. The van der Waals surface area contributed by atoms with Crippen LogP contribution < -0.4 is 0 Å². The predicted octanol–water partition coefficient (Wildman–Crippen LogP) is 4.31. The third kappa shape index (κ3) is 4.02. The monoisotopic (exact) mass is 526 g/mol. The Morgan fingerprint density at radius 3 is 2.32 bits per heavy atom. The van der Waals surface area contributed by atoms with Crippen LogP contribution in [0.5, 0.6) is 0 Å². The highest BCUT2D eigenvalue weighted by molar-refractivity contribution is 7.91. The van der Waals surface area contributed by atoms with Gasteiger partial charge in [0, 0.05) is 31.6 Å². The van der Waals surface area contributed by atoms with Gasteiger partial charge in [0.15, 0.2) is 5.69 Å². The molecule has 13 heteroatoms. The Hall–Kier alpha value is -2.74. The molecule has 1 aliphatic rings. The average Bonchev–Trinajstić information content (AvgIpc) is 3.55. The van der Waals surface area contributed by atoms with E-state index < -0.39 is 27.8 Å². The molecule has 5 rings (SSSR count). The molecule has 34 heavy (non-hydrogen) atoms. The number of aromatic nitrogens is 2. The smallest absolute Gasteiger partial charge is 0.335 e. The molecule has 0 radical (unpaired) electrons. The fraction of sp³-hybridized carbons (Fsp3) is 0.238. The van der Waals surface area contributed by atoms with Gasteiger partial charge in [-0.05, 0) is 29.6 Å². The summed E-state index contributed by atoms with van der Waals surface area (Å²) >= 11 is 2.07. The Morgan fingerprint density at radius 1 is 1.00 bits per heavy atom. The predicted molar refractivity (Wildman–Crippen MR) is 123 cm³/mol. The second-order valence-electron chi connectivity index (χ2n) is 7.55. The summed E-state index contributed by atoms with van der Waals surface area (Å²) < 4.78 is 69.1. The van der Waals surface area contributed by atoms with E-state index in [1.807, 2.05) is 0 Å². The van der Waals surface area contributed by atoms with Crippen molar-refractivity contribution in [3.63, 3.8) is 0 Å². The van der Waals surface area contributed by atoms with E-state index in [9.17, 15) is 26.4 Å². The number of carbonyl (C=O) groups is 1. The van der Waals surface area contributed by atoms with Crippen LogP contribution >= 0.6 is 22.7 Å². The average molecular weight is 527 g/mol. The molecule has 0 atom stereocenters. The van der Waals surface area contributed by atoms with Gasteiger partial charge in [0.1, 0.15) is 9.04 Å². The number of rotatable bonds is 4. The van der Waals surface area contributed by atoms with E-state index in [0.29, 0.717) is 5.69 Å². The van der Waals surface area contributed by atoms with Crippen molar-refractivity contribution in [1.29, 1.82) is 0 Å². The first-order chi connectivity index (χ1) is 16.2. The maximum atomic E-state index is 13.7. The molecule has 0 aliphatic carbocycles. The number of halogens is 3. The van der Waals surface area contributed by atoms with E-state index in [4.69, 9.17) is 0 Å². The second-order valence-corrected chi connectivity index (χ2v) is 11.7. The summed E-state index contributed by atoms with van der Waals surface area (Å²) in [4.78, 5) is 15.0. The number of benzene rings is 1. The first kappa shape index (κ1) is 23.0. The van der Waals surface area contributed by atoms with Crippen LogP contribution in [0.25, 0.3) is 15.9 Å². The van der Waals surface area contributed by atoms with Crippen molar-refractivity contribution in [2.24, 2.45) is 0 Å². The molecule has 0 bridgehead atoms. The van der Waals surface area contributed by atoms with Gasteiger partial charge in [-0.2, -0.15) is 22.6 Å². The van der Waals surface area contributed by atoms with Crippen LogP contribution in [-0.2, 0) is 16.2 Å². The number of fused-ring (bicyclic) bond motifs is 1. The van der Waals surface area contributed by atoms with Gasteiger partial charge in [0.2, 0.25) is 0 Å². The second kappa shape index (κ2) is 8.48. The molecule has 4 heterocycles. The van der Waals surface area contributed by atoms with Crippen LogP contribution in [0.3, 0.4) is 0 Å². The van der Waals surface area contributed by atoms with Gasteiger partial charge in [0.05, 0.1) is 10.6 Å². The van der Waals surface area contributed by atoms with E-state index in [1.54, 1.807) is 41.8 Å². The summed E-state index contributed by atoms with van der Waals surface area (Å²) in [5, 5.41) is 5.31. The molecule has 178 valence electrons. The fourth-order valence-electron chi connectivity index (χ4n) is 3.79. The molecule has 0 N–H and O–H groups in total. The zero-order chi connectivity index (χ0) is 24.1. The minimum atomic E-state index is -4.68. The van der Waals surface area contributed by atoms with Crippen molar-refractivity contribution in [3.8, 4) is 5.69 Å². The van der Waals surface area contributed by atoms with Crippen LogP contribution in [0, 0.1) is 0 Å². The Kier molecular flexibility index (Phi) is 5.74. The zero-order valence-corrected chi connectivity index (χ0v) is 19.8. The molecule has 4 aromatic rings. The van der Waals surface area contributed by atoms with Crippen LogP contribution in [0.15, 0.2) is 58.1 Å². The van der Waals surface area contributed by atoms with Crippen LogP contribution in [0.2, 0.25) is 0 Å². The number of para-hydroxylation sites is 1. The molecule has 0 unspecified atom stereocenters. The topological polar surface area (TPSA) is 75.5 Å². The quantitative estimate of drug-likeness (QED) is 0.397. The van der Waals surface area contributed by atoms with Gasteiger partial charge in [0.25, 0.3) is 15.9 Å². The normalized spacial score (nSPS) is 15.8. The summed E-state index contributed by atoms with van der Waals surface area (Å²) in [5.74, 6) is -0.429. The third-order valence-corrected chi connectivity index (χ3v) is 9.83. The van der Waals surface area contributed by atoms with E-state index >= 15 is 0 Å². The maximum Gasteiger partial charge on any atom is 0.435 e. The standard InChI is InChI=1S/C21H17F3N4O3S3/c22-21(23,24)18-15-13-16(33-20(15)28(25-18)14-5-2-1-3-6-14)19(29)26-8-10-27(11-9-26)34(30,31)17-7-4-12-32-17/h1-7,12-13H,8-11H2. The molecule has 1 amide bonds. The molecule has 1 aliphatic heterocycles. The Labute approximate surface area is 200 Å². The van der Waals surface area contributed by atoms with Crippen LogP contribution in [0.4, 0.5) is 13.2 Å². The molecule has 1 aromatic carbocycles. The lowest BCUT2D eigenvalue weighted by molar-refractivity contribution is -0.140. The molecule has 3 aromatic heterocycles. The van der Waals surface area contributed by atoms with Crippen LogP contribution in [-0.4, -0.2) is 59.5 Å². The van der Waals surface area contributed by atoms with Gasteiger partial charge in [-0.3, -0.25) is 4.79 Å². The third-order valence-electron chi connectivity index (χ3n) is 5.46. The van der Waals surface area contributed by atoms with Crippen molar-refractivity contribution in [1.82, 2.24) is 19.0 Å². The van der Waals surface area contributed by atoms with Crippen molar-refractivity contribution in [2.75, 3.05) is 26.2 Å². The lowest BCUT2D eigenvalue weighted by atomic mass is 10.2. The van der Waals surface area contributed by atoms with Gasteiger partial charge >= 0.3 is 6.18 Å². The van der Waals surface area contributed by atoms with Crippen molar-refractivity contribution in [3.05, 3.63) is 64.5 Å². The van der Waals surface area contributed by atoms with Gasteiger partial charge in [-0.15, -0.1) is 22.7 Å². The minimum absolute atomic E-state index is 0.114. The van der Waals surface area contributed by atoms with Crippen molar-refractivity contribution >= 4 is 48.8 Å². The number of piperazine rings is 1. The number of thiophene rings is 2. The Balaban J connectivity index is 1.42. The largest absolute Gasteiger partial charge is 0.435 e. The SMILES string of the molecule is O=C(c1cc2c(C(F)(F)F)nn(-c3ccccc3)c2s1)N1CCN(S(=O)(=O)c2cccs2)CC1. The Morgan fingerprint density at radius 2 is 1.71 bits per heavy atom. The minimum Gasteiger partial charge on any atom is -0.335 e. The first-order valence-electron chi connectivity index (χ1n) is 10.1. The number of nitrogens with zero attached hydrogens (tertiary/aromatic N) is 4. The first-order valence-corrected chi connectivity index (χ1v) is 13.3. The molecular weight excluding hydrogens is 509 g/mol. The summed E-state index contributed by atoms with van der Waals surface area (Å²) in [6, 6.07) is 12.8. The van der Waals surface area contributed by atoms with Crippen LogP contribution in [0.1, 0.15) is 15.4 Å². The zero-order valence-electron chi connectivity index (χ0n) is 17.4. The number of hydrogen-bond acceptors (Lipinski definition) is 6. The molecule has 1 fully saturated rings.